The Morgan fingerprint density at radius 3 is 2.82 bits per heavy atom. The summed E-state index contributed by atoms with van der Waals surface area (Å²) in [5, 5.41) is 14.1. The molecule has 1 unspecified atom stereocenters. The van der Waals surface area contributed by atoms with Crippen LogP contribution in [-0.4, -0.2) is 17.0 Å². The van der Waals surface area contributed by atoms with Crippen LogP contribution in [0.25, 0.3) is 0 Å². The number of rotatable bonds is 5. The standard InChI is InChI=1S/C16H15N3O2S/c1-10(21-13-6-2-11(8-17)3-7-13)15(20)19-16-18-14(9-22-16)12-4-5-12/h2-3,6-7,9-10,12H,4-5H2,1H3,(H,18,19,20). The summed E-state index contributed by atoms with van der Waals surface area (Å²) in [6.45, 7) is 1.68. The lowest BCUT2D eigenvalue weighted by Crippen LogP contribution is -2.30. The zero-order valence-corrected chi connectivity index (χ0v) is 12.9. The Balaban J connectivity index is 1.57. The smallest absolute Gasteiger partial charge is 0.266 e. The Morgan fingerprint density at radius 1 is 1.45 bits per heavy atom. The molecule has 0 spiro atoms. The largest absolute Gasteiger partial charge is 0.481 e. The van der Waals surface area contributed by atoms with Gasteiger partial charge in [-0.15, -0.1) is 11.3 Å². The van der Waals surface area contributed by atoms with Crippen LogP contribution in [0.4, 0.5) is 5.13 Å². The molecule has 1 aromatic carbocycles. The molecule has 0 radical (unpaired) electrons. The van der Waals surface area contributed by atoms with Gasteiger partial charge in [0, 0.05) is 11.3 Å². The Bertz CT molecular complexity index is 714. The second kappa shape index (κ2) is 6.16. The maximum absolute atomic E-state index is 12.1. The Morgan fingerprint density at radius 2 is 2.18 bits per heavy atom. The number of aromatic nitrogens is 1. The molecular formula is C16H15N3O2S. The average molecular weight is 313 g/mol. The van der Waals surface area contributed by atoms with Crippen LogP contribution < -0.4 is 10.1 Å². The fraction of sp³-hybridized carbons (Fsp3) is 0.312. The molecule has 0 aliphatic heterocycles. The lowest BCUT2D eigenvalue weighted by atomic mass is 10.2. The van der Waals surface area contributed by atoms with Gasteiger partial charge in [-0.2, -0.15) is 5.26 Å². The first-order valence-electron chi connectivity index (χ1n) is 7.09. The molecule has 1 heterocycles. The molecule has 1 atom stereocenters. The molecule has 1 saturated carbocycles. The van der Waals surface area contributed by atoms with E-state index in [9.17, 15) is 4.79 Å². The summed E-state index contributed by atoms with van der Waals surface area (Å²) < 4.78 is 5.57. The minimum Gasteiger partial charge on any atom is -0.481 e. The molecule has 6 heteroatoms. The normalized spacial score (nSPS) is 14.9. The quantitative estimate of drug-likeness (QED) is 0.919. The van der Waals surface area contributed by atoms with Gasteiger partial charge in [-0.3, -0.25) is 10.1 Å². The van der Waals surface area contributed by atoms with E-state index in [1.165, 1.54) is 24.2 Å². The molecular weight excluding hydrogens is 298 g/mol. The molecule has 2 aromatic rings. The zero-order chi connectivity index (χ0) is 15.5. The third-order valence-corrected chi connectivity index (χ3v) is 4.19. The number of hydrogen-bond acceptors (Lipinski definition) is 5. The molecule has 1 amide bonds. The number of anilines is 1. The monoisotopic (exact) mass is 313 g/mol. The lowest BCUT2D eigenvalue weighted by molar-refractivity contribution is -0.122. The van der Waals surface area contributed by atoms with Gasteiger partial charge in [-0.25, -0.2) is 4.98 Å². The fourth-order valence-corrected chi connectivity index (χ4v) is 2.78. The van der Waals surface area contributed by atoms with E-state index in [0.717, 1.165) is 5.69 Å². The maximum Gasteiger partial charge on any atom is 0.266 e. The number of nitrogens with one attached hydrogen (secondary N) is 1. The Kier molecular flexibility index (Phi) is 4.07. The topological polar surface area (TPSA) is 75.0 Å². The molecule has 1 aliphatic rings. The summed E-state index contributed by atoms with van der Waals surface area (Å²) in [6, 6.07) is 8.70. The summed E-state index contributed by atoms with van der Waals surface area (Å²) in [6.07, 6.45) is 1.74. The van der Waals surface area contributed by atoms with Crippen molar-refractivity contribution in [2.45, 2.75) is 31.8 Å². The maximum atomic E-state index is 12.1. The number of carbonyl (C=O) groups excluding carboxylic acids is 1. The molecule has 1 N–H and O–H groups in total. The zero-order valence-electron chi connectivity index (χ0n) is 12.1. The number of amides is 1. The fourth-order valence-electron chi connectivity index (χ4n) is 1.98. The van der Waals surface area contributed by atoms with E-state index in [2.05, 4.69) is 10.3 Å². The first kappa shape index (κ1) is 14.5. The van der Waals surface area contributed by atoms with Crippen LogP contribution in [0.5, 0.6) is 5.75 Å². The number of ether oxygens (including phenoxy) is 1. The summed E-state index contributed by atoms with van der Waals surface area (Å²) in [7, 11) is 0. The molecule has 1 aromatic heterocycles. The average Bonchev–Trinajstić information content (AvgIpc) is 3.28. The number of hydrogen-bond donors (Lipinski definition) is 1. The van der Waals surface area contributed by atoms with E-state index in [-0.39, 0.29) is 5.91 Å². The van der Waals surface area contributed by atoms with E-state index < -0.39 is 6.10 Å². The van der Waals surface area contributed by atoms with Crippen LogP contribution in [0.1, 0.15) is 36.9 Å². The second-order valence-electron chi connectivity index (χ2n) is 5.24. The van der Waals surface area contributed by atoms with Gasteiger partial charge < -0.3 is 4.74 Å². The van der Waals surface area contributed by atoms with Crippen molar-refractivity contribution in [3.8, 4) is 11.8 Å². The Hall–Kier alpha value is -2.39. The van der Waals surface area contributed by atoms with E-state index in [1.807, 2.05) is 11.4 Å². The van der Waals surface area contributed by atoms with Crippen molar-refractivity contribution in [1.82, 2.24) is 4.98 Å². The number of benzene rings is 1. The van der Waals surface area contributed by atoms with E-state index in [1.54, 1.807) is 31.2 Å². The van der Waals surface area contributed by atoms with E-state index in [4.69, 9.17) is 10.00 Å². The number of nitrogens with zero attached hydrogens (tertiary/aromatic N) is 2. The summed E-state index contributed by atoms with van der Waals surface area (Å²) >= 11 is 1.44. The van der Waals surface area contributed by atoms with Crippen LogP contribution in [0, 0.1) is 11.3 Å². The lowest BCUT2D eigenvalue weighted by Gasteiger charge is -2.13. The van der Waals surface area contributed by atoms with Gasteiger partial charge in [0.15, 0.2) is 11.2 Å². The highest BCUT2D eigenvalue weighted by Gasteiger charge is 2.26. The van der Waals surface area contributed by atoms with Crippen LogP contribution in [0.3, 0.4) is 0 Å². The van der Waals surface area contributed by atoms with Crippen molar-refractivity contribution >= 4 is 22.4 Å². The van der Waals surface area contributed by atoms with Crippen molar-refractivity contribution < 1.29 is 9.53 Å². The summed E-state index contributed by atoms with van der Waals surface area (Å²) in [4.78, 5) is 16.5. The Labute approximate surface area is 132 Å². The van der Waals surface area contributed by atoms with Crippen LogP contribution in [-0.2, 0) is 4.79 Å². The highest BCUT2D eigenvalue weighted by Crippen LogP contribution is 2.40. The van der Waals surface area contributed by atoms with Crippen molar-refractivity contribution in [2.75, 3.05) is 5.32 Å². The number of carbonyl (C=O) groups is 1. The molecule has 1 fully saturated rings. The van der Waals surface area contributed by atoms with E-state index in [0.29, 0.717) is 22.4 Å². The second-order valence-corrected chi connectivity index (χ2v) is 6.10. The van der Waals surface area contributed by atoms with Crippen LogP contribution >= 0.6 is 11.3 Å². The summed E-state index contributed by atoms with van der Waals surface area (Å²) in [5.74, 6) is 0.898. The first-order valence-corrected chi connectivity index (χ1v) is 7.97. The molecule has 0 saturated heterocycles. The molecule has 3 rings (SSSR count). The van der Waals surface area contributed by atoms with Crippen molar-refractivity contribution in [1.29, 1.82) is 5.26 Å². The highest BCUT2D eigenvalue weighted by molar-refractivity contribution is 7.13. The summed E-state index contributed by atoms with van der Waals surface area (Å²) in [5.41, 5.74) is 1.63. The predicted octanol–water partition coefficient (Wildman–Crippen LogP) is 3.30. The minimum atomic E-state index is -0.638. The van der Waals surface area contributed by atoms with Gasteiger partial charge in [0.25, 0.3) is 5.91 Å². The van der Waals surface area contributed by atoms with Gasteiger partial charge in [-0.05, 0) is 44.0 Å². The molecule has 22 heavy (non-hydrogen) atoms. The predicted molar refractivity (Wildman–Crippen MR) is 84.0 cm³/mol. The van der Waals surface area contributed by atoms with Crippen molar-refractivity contribution in [3.63, 3.8) is 0 Å². The highest BCUT2D eigenvalue weighted by atomic mass is 32.1. The third-order valence-electron chi connectivity index (χ3n) is 3.41. The first-order chi connectivity index (χ1) is 10.7. The number of nitriles is 1. The van der Waals surface area contributed by atoms with Gasteiger partial charge >= 0.3 is 0 Å². The molecule has 5 nitrogen and oxygen atoms in total. The third kappa shape index (κ3) is 3.43. The van der Waals surface area contributed by atoms with Crippen molar-refractivity contribution in [2.24, 2.45) is 0 Å². The van der Waals surface area contributed by atoms with Gasteiger partial charge in [-0.1, -0.05) is 0 Å². The van der Waals surface area contributed by atoms with Gasteiger partial charge in [0.2, 0.25) is 0 Å². The van der Waals surface area contributed by atoms with E-state index >= 15 is 0 Å². The van der Waals surface area contributed by atoms with Gasteiger partial charge in [0.1, 0.15) is 5.75 Å². The van der Waals surface area contributed by atoms with Crippen molar-refractivity contribution in [3.05, 3.63) is 40.9 Å². The molecule has 112 valence electrons. The number of thiazole rings is 1. The van der Waals surface area contributed by atoms with Crippen LogP contribution in [0.2, 0.25) is 0 Å². The van der Waals surface area contributed by atoms with Gasteiger partial charge in [0.05, 0.1) is 17.3 Å². The molecule has 0 bridgehead atoms. The minimum absolute atomic E-state index is 0.235. The SMILES string of the molecule is CC(Oc1ccc(C#N)cc1)C(=O)Nc1nc(C2CC2)cs1. The molecule has 1 aliphatic carbocycles. The van der Waals surface area contributed by atoms with Crippen LogP contribution in [0.15, 0.2) is 29.6 Å².